The molecule has 224 valence electrons. The Morgan fingerprint density at radius 3 is 2.02 bits per heavy atom. The summed E-state index contributed by atoms with van der Waals surface area (Å²) >= 11 is 3.46. The van der Waals surface area contributed by atoms with Crippen LogP contribution in [0.1, 0.15) is 26.3 Å². The van der Waals surface area contributed by atoms with E-state index in [0.717, 1.165) is 14.3 Å². The van der Waals surface area contributed by atoms with Crippen molar-refractivity contribution in [3.8, 4) is 11.5 Å². The van der Waals surface area contributed by atoms with Crippen LogP contribution >= 0.6 is 15.9 Å². The smallest absolute Gasteiger partial charge is 0.264 e. The van der Waals surface area contributed by atoms with E-state index in [1.165, 1.54) is 17.0 Å². The molecule has 43 heavy (non-hydrogen) atoms. The number of hydrogen-bond donors (Lipinski definition) is 1. The first kappa shape index (κ1) is 31.8. The molecule has 0 unspecified atom stereocenters. The number of benzene rings is 4. The lowest BCUT2D eigenvalue weighted by Gasteiger charge is -2.32. The Bertz CT molecular complexity index is 1630. The van der Waals surface area contributed by atoms with E-state index in [1.54, 1.807) is 49.4 Å². The minimum absolute atomic E-state index is 0.0385. The third kappa shape index (κ3) is 8.46. The highest BCUT2D eigenvalue weighted by Gasteiger charge is 2.32. The highest BCUT2D eigenvalue weighted by Crippen LogP contribution is 2.28. The number of sulfonamides is 1. The van der Waals surface area contributed by atoms with Crippen LogP contribution in [0.2, 0.25) is 0 Å². The molecule has 0 aliphatic heterocycles. The summed E-state index contributed by atoms with van der Waals surface area (Å²) in [7, 11) is -4.16. The Labute approximate surface area is 261 Å². The number of anilines is 1. The third-order valence-electron chi connectivity index (χ3n) is 6.55. The summed E-state index contributed by atoms with van der Waals surface area (Å²) in [4.78, 5) is 28.5. The fraction of sp³-hybridized carbons (Fsp3) is 0.212. The van der Waals surface area contributed by atoms with Gasteiger partial charge in [0.2, 0.25) is 11.8 Å². The summed E-state index contributed by atoms with van der Waals surface area (Å²) in [6.07, 6.45) is 0. The number of amides is 2. The van der Waals surface area contributed by atoms with E-state index < -0.39 is 28.5 Å². The molecule has 4 rings (SSSR count). The van der Waals surface area contributed by atoms with Gasteiger partial charge in [-0.15, -0.1) is 0 Å². The molecule has 0 aromatic heterocycles. The predicted octanol–water partition coefficient (Wildman–Crippen LogP) is 6.38. The average molecular weight is 665 g/mol. The number of carbonyl (C=O) groups excluding carboxylic acids is 2. The molecule has 0 bridgehead atoms. The van der Waals surface area contributed by atoms with Gasteiger partial charge in [-0.05, 0) is 87.0 Å². The minimum Gasteiger partial charge on any atom is -0.457 e. The molecule has 1 atom stereocenters. The number of rotatable bonds is 12. The molecule has 0 spiro atoms. The van der Waals surface area contributed by atoms with E-state index in [-0.39, 0.29) is 29.1 Å². The van der Waals surface area contributed by atoms with Crippen LogP contribution in [-0.2, 0) is 26.2 Å². The highest BCUT2D eigenvalue weighted by molar-refractivity contribution is 9.10. The summed E-state index contributed by atoms with van der Waals surface area (Å²) in [5.41, 5.74) is 1.06. The van der Waals surface area contributed by atoms with Crippen LogP contribution in [0.25, 0.3) is 0 Å². The molecule has 8 nitrogen and oxygen atoms in total. The Balaban J connectivity index is 1.69. The van der Waals surface area contributed by atoms with Gasteiger partial charge in [-0.1, -0.05) is 64.5 Å². The van der Waals surface area contributed by atoms with Gasteiger partial charge < -0.3 is 15.0 Å². The van der Waals surface area contributed by atoms with Crippen molar-refractivity contribution >= 4 is 43.5 Å². The van der Waals surface area contributed by atoms with Crippen molar-refractivity contribution in [3.05, 3.63) is 119 Å². The van der Waals surface area contributed by atoms with Gasteiger partial charge in [-0.3, -0.25) is 13.9 Å². The van der Waals surface area contributed by atoms with Crippen molar-refractivity contribution in [1.82, 2.24) is 10.2 Å². The molecule has 2 amide bonds. The van der Waals surface area contributed by atoms with E-state index in [2.05, 4.69) is 21.2 Å². The van der Waals surface area contributed by atoms with Crippen LogP contribution in [-0.4, -0.2) is 43.8 Å². The fourth-order valence-electron chi connectivity index (χ4n) is 4.37. The largest absolute Gasteiger partial charge is 0.457 e. The molecule has 0 saturated heterocycles. The SMILES string of the molecule is CC(C)NC(=O)[C@H](C)N(Cc1cccc(Br)c1)C(=O)CN(c1ccc(Oc2ccccc2)cc1)S(=O)(=O)c1ccccc1. The maximum atomic E-state index is 14.0. The van der Waals surface area contributed by atoms with Gasteiger partial charge >= 0.3 is 0 Å². The second kappa shape index (κ2) is 14.3. The number of halogens is 1. The first-order valence-electron chi connectivity index (χ1n) is 13.8. The number of hydrogen-bond acceptors (Lipinski definition) is 5. The summed E-state index contributed by atoms with van der Waals surface area (Å²) in [6, 6.07) is 30.1. The van der Waals surface area contributed by atoms with Crippen LogP contribution in [0.15, 0.2) is 119 Å². The van der Waals surface area contributed by atoms with E-state index in [4.69, 9.17) is 4.74 Å². The number of para-hydroxylation sites is 1. The molecule has 1 N–H and O–H groups in total. The Morgan fingerprint density at radius 2 is 1.42 bits per heavy atom. The molecule has 4 aromatic carbocycles. The number of nitrogens with zero attached hydrogens (tertiary/aromatic N) is 2. The van der Waals surface area contributed by atoms with Gasteiger partial charge in [-0.25, -0.2) is 8.42 Å². The van der Waals surface area contributed by atoms with E-state index in [1.807, 2.05) is 68.4 Å². The molecule has 4 aromatic rings. The van der Waals surface area contributed by atoms with Crippen molar-refractivity contribution in [2.45, 2.75) is 44.3 Å². The fourth-order valence-corrected chi connectivity index (χ4v) is 6.26. The first-order chi connectivity index (χ1) is 20.5. The minimum atomic E-state index is -4.16. The van der Waals surface area contributed by atoms with Gasteiger partial charge in [0.25, 0.3) is 10.0 Å². The van der Waals surface area contributed by atoms with Crippen molar-refractivity contribution in [1.29, 1.82) is 0 Å². The summed E-state index contributed by atoms with van der Waals surface area (Å²) in [5, 5.41) is 2.85. The zero-order chi connectivity index (χ0) is 31.0. The van der Waals surface area contributed by atoms with Crippen LogP contribution in [0.5, 0.6) is 11.5 Å². The van der Waals surface area contributed by atoms with Crippen LogP contribution in [0.4, 0.5) is 5.69 Å². The Morgan fingerprint density at radius 1 is 0.814 bits per heavy atom. The van der Waals surface area contributed by atoms with E-state index in [0.29, 0.717) is 11.5 Å². The molecule has 0 aliphatic rings. The second-order valence-electron chi connectivity index (χ2n) is 10.2. The van der Waals surface area contributed by atoms with Gasteiger partial charge in [-0.2, -0.15) is 0 Å². The van der Waals surface area contributed by atoms with Gasteiger partial charge in [0.15, 0.2) is 0 Å². The number of ether oxygens (including phenoxy) is 1. The summed E-state index contributed by atoms with van der Waals surface area (Å²) < 4.78 is 35.7. The summed E-state index contributed by atoms with van der Waals surface area (Å²) in [6.45, 7) is 4.89. The van der Waals surface area contributed by atoms with Crippen molar-refractivity contribution < 1.29 is 22.7 Å². The molecule has 0 aliphatic carbocycles. The lowest BCUT2D eigenvalue weighted by Crippen LogP contribution is -2.52. The molecule has 0 saturated carbocycles. The zero-order valence-corrected chi connectivity index (χ0v) is 26.6. The quantitative estimate of drug-likeness (QED) is 0.190. The average Bonchev–Trinajstić information content (AvgIpc) is 2.99. The van der Waals surface area contributed by atoms with Crippen LogP contribution in [0.3, 0.4) is 0 Å². The van der Waals surface area contributed by atoms with Gasteiger partial charge in [0.1, 0.15) is 24.1 Å². The maximum Gasteiger partial charge on any atom is 0.264 e. The van der Waals surface area contributed by atoms with Crippen LogP contribution < -0.4 is 14.4 Å². The van der Waals surface area contributed by atoms with Crippen molar-refractivity contribution in [2.24, 2.45) is 0 Å². The molecule has 0 radical (unpaired) electrons. The van der Waals surface area contributed by atoms with Gasteiger partial charge in [0.05, 0.1) is 10.6 Å². The first-order valence-corrected chi connectivity index (χ1v) is 16.0. The van der Waals surface area contributed by atoms with Crippen LogP contribution in [0, 0.1) is 0 Å². The second-order valence-corrected chi connectivity index (χ2v) is 13.0. The standard InChI is InChI=1S/C33H34BrN3O5S/c1-24(2)35-33(39)25(3)36(22-26-11-10-12-27(34)21-26)32(38)23-37(43(40,41)31-15-8-5-9-16-31)28-17-19-30(20-18-28)42-29-13-6-4-7-14-29/h4-21,24-25H,22-23H2,1-3H3,(H,35,39)/t25-/m0/s1. The lowest BCUT2D eigenvalue weighted by molar-refractivity contribution is -0.139. The summed E-state index contributed by atoms with van der Waals surface area (Å²) in [5.74, 6) is 0.276. The monoisotopic (exact) mass is 663 g/mol. The Hall–Kier alpha value is -4.15. The van der Waals surface area contributed by atoms with E-state index in [9.17, 15) is 18.0 Å². The van der Waals surface area contributed by atoms with Gasteiger partial charge in [0, 0.05) is 17.1 Å². The molecule has 0 fully saturated rings. The molecule has 10 heteroatoms. The van der Waals surface area contributed by atoms with E-state index >= 15 is 0 Å². The number of carbonyl (C=O) groups is 2. The van der Waals surface area contributed by atoms with Crippen molar-refractivity contribution in [3.63, 3.8) is 0 Å². The molecular weight excluding hydrogens is 630 g/mol. The predicted molar refractivity (Wildman–Crippen MR) is 171 cm³/mol. The normalized spacial score (nSPS) is 11.9. The maximum absolute atomic E-state index is 14.0. The van der Waals surface area contributed by atoms with Crippen molar-refractivity contribution in [2.75, 3.05) is 10.8 Å². The highest BCUT2D eigenvalue weighted by atomic mass is 79.9. The number of nitrogens with one attached hydrogen (secondary N) is 1. The Kier molecular flexibility index (Phi) is 10.6. The molecular formula is C33H34BrN3O5S. The zero-order valence-electron chi connectivity index (χ0n) is 24.2. The molecule has 0 heterocycles. The lowest BCUT2D eigenvalue weighted by atomic mass is 10.1. The third-order valence-corrected chi connectivity index (χ3v) is 8.84. The topological polar surface area (TPSA) is 96.0 Å².